The molecule has 21 heavy (non-hydrogen) atoms. The summed E-state index contributed by atoms with van der Waals surface area (Å²) in [5.41, 5.74) is 2.08. The maximum atomic E-state index is 12.1. The standard InChI is InChI=1S/C16H17N3O2/c20-16(18-10-7-12-5-8-17-9-6-12)15-11-19-13-3-1-2-4-14(13)21-15/h1-6,8-9,15,19H,7,10-11H2,(H,18,20). The van der Waals surface area contributed by atoms with Crippen molar-refractivity contribution < 1.29 is 9.53 Å². The number of carbonyl (C=O) groups excluding carboxylic acids is 1. The molecule has 1 atom stereocenters. The van der Waals surface area contributed by atoms with Crippen LogP contribution in [0.15, 0.2) is 48.8 Å². The van der Waals surface area contributed by atoms with E-state index in [4.69, 9.17) is 4.74 Å². The molecule has 5 heteroatoms. The van der Waals surface area contributed by atoms with Crippen LogP contribution in [0, 0.1) is 0 Å². The molecule has 0 fully saturated rings. The molecular formula is C16H17N3O2. The molecule has 1 amide bonds. The van der Waals surface area contributed by atoms with Crippen LogP contribution in [-0.2, 0) is 11.2 Å². The third kappa shape index (κ3) is 3.31. The maximum Gasteiger partial charge on any atom is 0.262 e. The first-order valence-corrected chi connectivity index (χ1v) is 6.99. The van der Waals surface area contributed by atoms with Gasteiger partial charge in [-0.2, -0.15) is 0 Å². The second kappa shape index (κ2) is 6.26. The summed E-state index contributed by atoms with van der Waals surface area (Å²) in [6, 6.07) is 11.5. The van der Waals surface area contributed by atoms with Gasteiger partial charge in [0, 0.05) is 18.9 Å². The normalized spacial score (nSPS) is 16.3. The molecule has 1 aliphatic rings. The number of ether oxygens (including phenoxy) is 1. The van der Waals surface area contributed by atoms with E-state index in [1.807, 2.05) is 36.4 Å². The van der Waals surface area contributed by atoms with E-state index in [0.717, 1.165) is 23.4 Å². The summed E-state index contributed by atoms with van der Waals surface area (Å²) < 4.78 is 5.71. The van der Waals surface area contributed by atoms with Crippen LogP contribution >= 0.6 is 0 Å². The number of carbonyl (C=O) groups is 1. The SMILES string of the molecule is O=C(NCCc1ccncc1)C1CNc2ccccc2O1. The summed E-state index contributed by atoms with van der Waals surface area (Å²) in [7, 11) is 0. The van der Waals surface area contributed by atoms with E-state index in [-0.39, 0.29) is 5.91 Å². The minimum Gasteiger partial charge on any atom is -0.477 e. The Morgan fingerprint density at radius 3 is 2.95 bits per heavy atom. The molecule has 1 aromatic carbocycles. The van der Waals surface area contributed by atoms with Crippen LogP contribution < -0.4 is 15.4 Å². The summed E-state index contributed by atoms with van der Waals surface area (Å²) in [5, 5.41) is 6.11. The smallest absolute Gasteiger partial charge is 0.262 e. The summed E-state index contributed by atoms with van der Waals surface area (Å²) in [6.07, 6.45) is 3.80. The highest BCUT2D eigenvalue weighted by molar-refractivity contribution is 5.83. The molecule has 0 bridgehead atoms. The van der Waals surface area contributed by atoms with E-state index in [1.54, 1.807) is 12.4 Å². The molecule has 0 aliphatic carbocycles. The van der Waals surface area contributed by atoms with Crippen molar-refractivity contribution in [2.24, 2.45) is 0 Å². The van der Waals surface area contributed by atoms with Gasteiger partial charge in [0.2, 0.25) is 0 Å². The van der Waals surface area contributed by atoms with E-state index in [2.05, 4.69) is 15.6 Å². The molecule has 1 aliphatic heterocycles. The number of nitrogens with zero attached hydrogens (tertiary/aromatic N) is 1. The maximum absolute atomic E-state index is 12.1. The number of anilines is 1. The van der Waals surface area contributed by atoms with E-state index in [9.17, 15) is 4.79 Å². The summed E-state index contributed by atoms with van der Waals surface area (Å²) in [6.45, 7) is 1.07. The minimum atomic E-state index is -0.489. The third-order valence-electron chi connectivity index (χ3n) is 3.39. The van der Waals surface area contributed by atoms with Crippen molar-refractivity contribution >= 4 is 11.6 Å². The van der Waals surface area contributed by atoms with E-state index in [0.29, 0.717) is 13.1 Å². The fourth-order valence-corrected chi connectivity index (χ4v) is 2.25. The number of para-hydroxylation sites is 2. The summed E-state index contributed by atoms with van der Waals surface area (Å²) >= 11 is 0. The van der Waals surface area contributed by atoms with Crippen molar-refractivity contribution in [2.45, 2.75) is 12.5 Å². The molecule has 0 saturated carbocycles. The van der Waals surface area contributed by atoms with Crippen LogP contribution in [0.1, 0.15) is 5.56 Å². The molecule has 2 N–H and O–H groups in total. The Labute approximate surface area is 123 Å². The molecule has 2 aromatic rings. The Morgan fingerprint density at radius 2 is 2.10 bits per heavy atom. The van der Waals surface area contributed by atoms with Crippen LogP contribution in [0.5, 0.6) is 5.75 Å². The van der Waals surface area contributed by atoms with E-state index in [1.165, 1.54) is 0 Å². The van der Waals surface area contributed by atoms with Crippen LogP contribution in [0.3, 0.4) is 0 Å². The Hall–Kier alpha value is -2.56. The van der Waals surface area contributed by atoms with Gasteiger partial charge >= 0.3 is 0 Å². The van der Waals surface area contributed by atoms with Gasteiger partial charge in [0.05, 0.1) is 12.2 Å². The monoisotopic (exact) mass is 283 g/mol. The topological polar surface area (TPSA) is 63.2 Å². The highest BCUT2D eigenvalue weighted by Crippen LogP contribution is 2.28. The molecule has 0 saturated heterocycles. The average molecular weight is 283 g/mol. The fourth-order valence-electron chi connectivity index (χ4n) is 2.25. The Kier molecular flexibility index (Phi) is 4.00. The van der Waals surface area contributed by atoms with Crippen molar-refractivity contribution in [1.82, 2.24) is 10.3 Å². The first kappa shape index (κ1) is 13.4. The van der Waals surface area contributed by atoms with E-state index < -0.39 is 6.10 Å². The molecule has 1 unspecified atom stereocenters. The number of benzene rings is 1. The zero-order valence-corrected chi connectivity index (χ0v) is 11.6. The average Bonchev–Trinajstić information content (AvgIpc) is 2.55. The zero-order chi connectivity index (χ0) is 14.5. The van der Waals surface area contributed by atoms with Crippen LogP contribution in [-0.4, -0.2) is 30.1 Å². The number of amides is 1. The highest BCUT2D eigenvalue weighted by atomic mass is 16.5. The van der Waals surface area contributed by atoms with Gasteiger partial charge in [-0.25, -0.2) is 0 Å². The van der Waals surface area contributed by atoms with Crippen molar-refractivity contribution in [1.29, 1.82) is 0 Å². The number of fused-ring (bicyclic) bond motifs is 1. The molecule has 5 nitrogen and oxygen atoms in total. The number of hydrogen-bond acceptors (Lipinski definition) is 4. The van der Waals surface area contributed by atoms with Gasteiger partial charge in [0.1, 0.15) is 5.75 Å². The van der Waals surface area contributed by atoms with Gasteiger partial charge in [-0.05, 0) is 36.2 Å². The number of nitrogens with one attached hydrogen (secondary N) is 2. The van der Waals surface area contributed by atoms with Gasteiger partial charge in [-0.3, -0.25) is 9.78 Å². The summed E-state index contributed by atoms with van der Waals surface area (Å²) in [4.78, 5) is 16.1. The highest BCUT2D eigenvalue weighted by Gasteiger charge is 2.25. The van der Waals surface area contributed by atoms with Crippen LogP contribution in [0.25, 0.3) is 0 Å². The van der Waals surface area contributed by atoms with Crippen molar-refractivity contribution in [3.8, 4) is 5.75 Å². The second-order valence-corrected chi connectivity index (χ2v) is 4.88. The first-order chi connectivity index (χ1) is 10.3. The Morgan fingerprint density at radius 1 is 1.29 bits per heavy atom. The third-order valence-corrected chi connectivity index (χ3v) is 3.39. The predicted molar refractivity (Wildman–Crippen MR) is 80.3 cm³/mol. The van der Waals surface area contributed by atoms with E-state index >= 15 is 0 Å². The predicted octanol–water partition coefficient (Wildman–Crippen LogP) is 1.61. The fraction of sp³-hybridized carbons (Fsp3) is 0.250. The number of rotatable bonds is 4. The minimum absolute atomic E-state index is 0.0916. The van der Waals surface area contributed by atoms with Crippen molar-refractivity contribution in [3.63, 3.8) is 0 Å². The molecule has 3 rings (SSSR count). The lowest BCUT2D eigenvalue weighted by molar-refractivity contribution is -0.127. The Balaban J connectivity index is 1.50. The number of pyridine rings is 1. The molecule has 0 spiro atoms. The van der Waals surface area contributed by atoms with Gasteiger partial charge in [0.25, 0.3) is 5.91 Å². The lowest BCUT2D eigenvalue weighted by Crippen LogP contribution is -2.45. The van der Waals surface area contributed by atoms with Gasteiger partial charge in [0.15, 0.2) is 6.10 Å². The van der Waals surface area contributed by atoms with Crippen LogP contribution in [0.4, 0.5) is 5.69 Å². The quantitative estimate of drug-likeness (QED) is 0.895. The lowest BCUT2D eigenvalue weighted by Gasteiger charge is -2.26. The zero-order valence-electron chi connectivity index (χ0n) is 11.6. The van der Waals surface area contributed by atoms with Gasteiger partial charge < -0.3 is 15.4 Å². The largest absolute Gasteiger partial charge is 0.477 e. The van der Waals surface area contributed by atoms with Gasteiger partial charge in [-0.1, -0.05) is 12.1 Å². The summed E-state index contributed by atoms with van der Waals surface area (Å²) in [5.74, 6) is 0.629. The molecule has 108 valence electrons. The molecular weight excluding hydrogens is 266 g/mol. The van der Waals surface area contributed by atoms with Crippen molar-refractivity contribution in [2.75, 3.05) is 18.4 Å². The van der Waals surface area contributed by atoms with Crippen molar-refractivity contribution in [3.05, 3.63) is 54.4 Å². The molecule has 1 aromatic heterocycles. The molecule has 2 heterocycles. The Bertz CT molecular complexity index is 616. The second-order valence-electron chi connectivity index (χ2n) is 4.88. The lowest BCUT2D eigenvalue weighted by atomic mass is 10.2. The van der Waals surface area contributed by atoms with Crippen LogP contribution in [0.2, 0.25) is 0 Å². The number of hydrogen-bond donors (Lipinski definition) is 2. The first-order valence-electron chi connectivity index (χ1n) is 6.99. The van der Waals surface area contributed by atoms with Gasteiger partial charge in [-0.15, -0.1) is 0 Å². The number of aromatic nitrogens is 1. The molecule has 0 radical (unpaired) electrons.